The molecule has 0 aromatic rings. The lowest BCUT2D eigenvalue weighted by atomic mass is 10.2. The topological polar surface area (TPSA) is 86.7 Å². The van der Waals surface area contributed by atoms with Gasteiger partial charge in [-0.3, -0.25) is 15.0 Å². The Morgan fingerprint density at radius 1 is 1.50 bits per heavy atom. The number of urea groups is 1. The molecule has 0 bridgehead atoms. The van der Waals surface area contributed by atoms with Crippen molar-refractivity contribution >= 4 is 20.0 Å². The summed E-state index contributed by atoms with van der Waals surface area (Å²) < 4.78 is 11.1. The Labute approximate surface area is 82.1 Å². The molecule has 1 heterocycles. The van der Waals surface area contributed by atoms with E-state index >= 15 is 0 Å². The summed E-state index contributed by atoms with van der Waals surface area (Å²) in [5.74, 6) is -0.615. The molecule has 6 nitrogen and oxygen atoms in total. The first-order valence-electron chi connectivity index (χ1n) is 4.30. The summed E-state index contributed by atoms with van der Waals surface area (Å²) in [6.45, 7) is 3.42. The quantitative estimate of drug-likeness (QED) is 0.531. The third-order valence-electron chi connectivity index (χ3n) is 2.31. The second-order valence-electron chi connectivity index (χ2n) is 2.97. The molecule has 3 amide bonds. The summed E-state index contributed by atoms with van der Waals surface area (Å²) in [5.41, 5.74) is 0. The van der Waals surface area contributed by atoms with Gasteiger partial charge in [-0.15, -0.1) is 0 Å². The van der Waals surface area contributed by atoms with Crippen molar-refractivity contribution in [3.8, 4) is 0 Å². The van der Waals surface area contributed by atoms with Crippen LogP contribution in [0.25, 0.3) is 0 Å². The maximum atomic E-state index is 11.6. The monoisotopic (exact) mass is 219 g/mol. The molecule has 78 valence electrons. The zero-order valence-electron chi connectivity index (χ0n) is 7.98. The van der Waals surface area contributed by atoms with Gasteiger partial charge in [-0.2, -0.15) is 4.89 Å². The van der Waals surface area contributed by atoms with Crippen LogP contribution in [0.15, 0.2) is 0 Å². The first-order chi connectivity index (χ1) is 6.49. The molecule has 1 fully saturated rings. The van der Waals surface area contributed by atoms with E-state index in [0.29, 0.717) is 0 Å². The van der Waals surface area contributed by atoms with Gasteiger partial charge in [0.1, 0.15) is 0 Å². The van der Waals surface area contributed by atoms with Gasteiger partial charge >= 0.3 is 25.2 Å². The van der Waals surface area contributed by atoms with E-state index in [0.717, 1.165) is 4.90 Å². The van der Waals surface area contributed by atoms with Crippen molar-refractivity contribution in [2.24, 2.45) is 0 Å². The maximum absolute atomic E-state index is 11.6. The second kappa shape index (κ2) is 3.63. The smallest absolute Gasteiger partial charge is 0.281 e. The van der Waals surface area contributed by atoms with Gasteiger partial charge in [-0.1, -0.05) is 6.92 Å². The van der Waals surface area contributed by atoms with Gasteiger partial charge < -0.3 is 0 Å². The number of carbonyl (C=O) groups excluding carboxylic acids is 2. The zero-order chi connectivity index (χ0) is 10.9. The van der Waals surface area contributed by atoms with Crippen LogP contribution in [0.4, 0.5) is 4.79 Å². The number of imide groups is 1. The molecule has 1 aliphatic heterocycles. The van der Waals surface area contributed by atoms with Gasteiger partial charge in [0.15, 0.2) is 0 Å². The molecule has 0 spiro atoms. The fraction of sp³-hybridized carbons (Fsp3) is 0.714. The van der Waals surface area contributed by atoms with E-state index in [4.69, 9.17) is 4.89 Å². The number of amides is 3. The minimum atomic E-state index is -2.76. The molecule has 2 N–H and O–H groups in total. The first kappa shape index (κ1) is 11.1. The van der Waals surface area contributed by atoms with Crippen molar-refractivity contribution in [3.63, 3.8) is 0 Å². The number of carbonyl (C=O) groups is 2. The predicted octanol–water partition coefficient (Wildman–Crippen LogP) is 0.399. The second-order valence-corrected chi connectivity index (χ2v) is 4.28. The van der Waals surface area contributed by atoms with E-state index in [9.17, 15) is 14.2 Å². The van der Waals surface area contributed by atoms with Crippen LogP contribution in [-0.4, -0.2) is 33.6 Å². The molecule has 0 aromatic heterocycles. The van der Waals surface area contributed by atoms with E-state index in [1.165, 1.54) is 0 Å². The van der Waals surface area contributed by atoms with E-state index in [1.54, 1.807) is 13.8 Å². The number of hydrogen-bond acceptors (Lipinski definition) is 3. The van der Waals surface area contributed by atoms with Gasteiger partial charge in [0.05, 0.1) is 0 Å². The van der Waals surface area contributed by atoms with E-state index < -0.39 is 25.2 Å². The average Bonchev–Trinajstić information content (AvgIpc) is 2.38. The van der Waals surface area contributed by atoms with E-state index in [-0.39, 0.29) is 13.0 Å². The molecular weight excluding hydrogens is 207 g/mol. The van der Waals surface area contributed by atoms with Gasteiger partial charge in [-0.05, 0) is 11.5 Å². The summed E-state index contributed by atoms with van der Waals surface area (Å²) in [4.78, 5) is 32.9. The maximum Gasteiger partial charge on any atom is 0.544 e. The fourth-order valence-corrected chi connectivity index (χ4v) is 2.15. The van der Waals surface area contributed by atoms with Gasteiger partial charge in [0, 0.05) is 13.0 Å². The molecule has 0 saturated carbocycles. The summed E-state index contributed by atoms with van der Waals surface area (Å²) >= 11 is 0. The van der Waals surface area contributed by atoms with Crippen molar-refractivity contribution in [3.05, 3.63) is 0 Å². The van der Waals surface area contributed by atoms with Crippen LogP contribution in [0.2, 0.25) is 0 Å². The van der Waals surface area contributed by atoms with Crippen LogP contribution in [-0.2, 0) is 9.36 Å². The van der Waals surface area contributed by atoms with E-state index in [1.807, 2.05) is 0 Å². The number of nitrogens with one attached hydrogen (secondary N) is 1. The Kier molecular flexibility index (Phi) is 2.87. The highest BCUT2D eigenvalue weighted by atomic mass is 31.1. The van der Waals surface area contributed by atoms with Crippen LogP contribution in [0.1, 0.15) is 20.3 Å². The molecular formula is C7H12N2O4P+. The van der Waals surface area contributed by atoms with Crippen molar-refractivity contribution in [1.29, 1.82) is 0 Å². The van der Waals surface area contributed by atoms with Crippen molar-refractivity contribution in [1.82, 2.24) is 10.2 Å². The normalized spacial score (nSPS) is 27.9. The average molecular weight is 219 g/mol. The van der Waals surface area contributed by atoms with Crippen molar-refractivity contribution in [2.45, 2.75) is 25.5 Å². The van der Waals surface area contributed by atoms with Crippen LogP contribution in [0.3, 0.4) is 0 Å². The lowest BCUT2D eigenvalue weighted by Crippen LogP contribution is -2.42. The van der Waals surface area contributed by atoms with Crippen LogP contribution in [0.5, 0.6) is 0 Å². The Hall–Kier alpha value is -1.00. The van der Waals surface area contributed by atoms with Crippen LogP contribution in [0, 0.1) is 0 Å². The lowest BCUT2D eigenvalue weighted by molar-refractivity contribution is -0.128. The number of hydrogen-bond donors (Lipinski definition) is 2. The zero-order valence-corrected chi connectivity index (χ0v) is 8.88. The summed E-state index contributed by atoms with van der Waals surface area (Å²) in [5, 5.41) is 0.662. The molecule has 14 heavy (non-hydrogen) atoms. The summed E-state index contributed by atoms with van der Waals surface area (Å²) in [6.07, 6.45) is 0.111. The molecule has 0 aromatic carbocycles. The first-order valence-corrected chi connectivity index (χ1v) is 5.51. The minimum absolute atomic E-state index is 0.111. The number of likely N-dealkylation sites (N-methyl/N-ethyl adjacent to an activating group) is 1. The summed E-state index contributed by atoms with van der Waals surface area (Å²) in [6, 6.07) is -0.600. The van der Waals surface area contributed by atoms with Crippen LogP contribution >= 0.6 is 8.03 Å². The van der Waals surface area contributed by atoms with E-state index in [2.05, 4.69) is 5.32 Å². The SMILES string of the molecule is CCN1C(=O)NC(CC)([P+](=O)O)C1=O. The third-order valence-corrected chi connectivity index (χ3v) is 3.58. The molecule has 7 heteroatoms. The Morgan fingerprint density at radius 3 is 2.29 bits per heavy atom. The van der Waals surface area contributed by atoms with Crippen LogP contribution < -0.4 is 5.32 Å². The predicted molar refractivity (Wildman–Crippen MR) is 48.8 cm³/mol. The molecule has 2 unspecified atom stereocenters. The third kappa shape index (κ3) is 1.31. The minimum Gasteiger partial charge on any atom is -0.281 e. The van der Waals surface area contributed by atoms with Gasteiger partial charge in [0.25, 0.3) is 0 Å². The molecule has 0 aliphatic carbocycles. The highest BCUT2D eigenvalue weighted by molar-refractivity contribution is 7.41. The molecule has 0 radical (unpaired) electrons. The Bertz CT molecular complexity index is 306. The molecule has 1 aliphatic rings. The highest BCUT2D eigenvalue weighted by Crippen LogP contribution is 2.40. The Morgan fingerprint density at radius 2 is 2.07 bits per heavy atom. The molecule has 1 rings (SSSR count). The number of rotatable bonds is 3. The standard InChI is InChI=1S/C7H11N2O4P/c1-3-7(14(12)13)5(10)9(4-2)6(11)8-7/h3-4H2,1-2H3,(H-,8,11,12,13)/p+1. The molecule has 2 atom stereocenters. The van der Waals surface area contributed by atoms with Gasteiger partial charge in [-0.25, -0.2) is 4.79 Å². The number of nitrogens with zero attached hydrogens (tertiary/aromatic N) is 1. The van der Waals surface area contributed by atoms with Crippen molar-refractivity contribution < 1.29 is 19.0 Å². The lowest BCUT2D eigenvalue weighted by Gasteiger charge is -2.10. The molecule has 1 saturated heterocycles. The highest BCUT2D eigenvalue weighted by Gasteiger charge is 2.64. The van der Waals surface area contributed by atoms with Crippen molar-refractivity contribution in [2.75, 3.05) is 6.54 Å². The van der Waals surface area contributed by atoms with Gasteiger partial charge in [0.2, 0.25) is 0 Å². The largest absolute Gasteiger partial charge is 0.544 e. The summed E-state index contributed by atoms with van der Waals surface area (Å²) in [7, 11) is -2.76. The Balaban J connectivity index is 3.09. The fourth-order valence-electron chi connectivity index (χ4n) is 1.41.